The van der Waals surface area contributed by atoms with Gasteiger partial charge in [0.2, 0.25) is 5.91 Å². The Labute approximate surface area is 77.9 Å². The Morgan fingerprint density at radius 1 is 1.58 bits per heavy atom. The van der Waals surface area contributed by atoms with Crippen LogP contribution in [0.3, 0.4) is 0 Å². The van der Waals surface area contributed by atoms with Gasteiger partial charge in [-0.15, -0.1) is 11.6 Å². The molecule has 2 fully saturated rings. The lowest BCUT2D eigenvalue weighted by atomic mass is 9.98. The Bertz CT molecular complexity index is 207. The Balaban J connectivity index is 1.84. The first-order valence-electron chi connectivity index (χ1n) is 4.51. The number of likely N-dealkylation sites (tertiary alicyclic amines) is 1. The van der Waals surface area contributed by atoms with E-state index in [0.717, 1.165) is 25.9 Å². The van der Waals surface area contributed by atoms with Crippen LogP contribution in [-0.4, -0.2) is 29.8 Å². The van der Waals surface area contributed by atoms with Crippen LogP contribution in [0.2, 0.25) is 0 Å². The van der Waals surface area contributed by atoms with E-state index in [1.807, 2.05) is 4.90 Å². The third-order valence-electron chi connectivity index (χ3n) is 2.98. The van der Waals surface area contributed by atoms with Gasteiger partial charge in [-0.1, -0.05) is 6.92 Å². The predicted octanol–water partition coefficient (Wildman–Crippen LogP) is 1.48. The average molecular weight is 188 g/mol. The number of amides is 1. The van der Waals surface area contributed by atoms with Gasteiger partial charge >= 0.3 is 0 Å². The summed E-state index contributed by atoms with van der Waals surface area (Å²) in [7, 11) is 0. The minimum absolute atomic E-state index is 0.0112. The fraction of sp³-hybridized carbons (Fsp3) is 0.889. The third kappa shape index (κ3) is 1.22. The SMILES string of the molecule is CC1(C(=O)N2CC(CCl)C2)CC1. The van der Waals surface area contributed by atoms with Gasteiger partial charge in [-0.2, -0.15) is 0 Å². The molecule has 0 aromatic rings. The minimum Gasteiger partial charge on any atom is -0.341 e. The van der Waals surface area contributed by atoms with Crippen LogP contribution in [0.25, 0.3) is 0 Å². The monoisotopic (exact) mass is 187 g/mol. The number of alkyl halides is 1. The minimum atomic E-state index is 0.0112. The maximum absolute atomic E-state index is 11.7. The Kier molecular flexibility index (Phi) is 1.83. The number of rotatable bonds is 2. The standard InChI is InChI=1S/C9H14ClNO/c1-9(2-3-9)8(12)11-5-7(4-10)6-11/h7H,2-6H2,1H3. The zero-order chi connectivity index (χ0) is 8.77. The first-order chi connectivity index (χ1) is 5.65. The molecule has 0 bridgehead atoms. The van der Waals surface area contributed by atoms with E-state index >= 15 is 0 Å². The summed E-state index contributed by atoms with van der Waals surface area (Å²) in [5.74, 6) is 1.60. The topological polar surface area (TPSA) is 20.3 Å². The van der Waals surface area contributed by atoms with E-state index in [-0.39, 0.29) is 5.41 Å². The van der Waals surface area contributed by atoms with Crippen molar-refractivity contribution in [3.8, 4) is 0 Å². The number of halogens is 1. The molecule has 1 amide bonds. The fourth-order valence-corrected chi connectivity index (χ4v) is 1.81. The molecule has 1 aliphatic carbocycles. The summed E-state index contributed by atoms with van der Waals surface area (Å²) in [6, 6.07) is 0. The molecular weight excluding hydrogens is 174 g/mol. The van der Waals surface area contributed by atoms with Crippen molar-refractivity contribution in [1.29, 1.82) is 0 Å². The second-order valence-corrected chi connectivity index (χ2v) is 4.60. The summed E-state index contributed by atoms with van der Waals surface area (Å²) >= 11 is 5.67. The van der Waals surface area contributed by atoms with Crippen molar-refractivity contribution in [2.24, 2.45) is 11.3 Å². The molecule has 0 unspecified atom stereocenters. The van der Waals surface area contributed by atoms with Crippen LogP contribution in [0.4, 0.5) is 0 Å². The van der Waals surface area contributed by atoms with E-state index < -0.39 is 0 Å². The molecule has 0 spiro atoms. The molecule has 2 rings (SSSR count). The molecule has 0 radical (unpaired) electrons. The highest BCUT2D eigenvalue weighted by Gasteiger charge is 2.49. The van der Waals surface area contributed by atoms with Gasteiger partial charge in [0.25, 0.3) is 0 Å². The van der Waals surface area contributed by atoms with Crippen LogP contribution >= 0.6 is 11.6 Å². The molecule has 0 aromatic heterocycles. The molecule has 2 nitrogen and oxygen atoms in total. The van der Waals surface area contributed by atoms with Gasteiger partial charge in [0.05, 0.1) is 0 Å². The van der Waals surface area contributed by atoms with Crippen molar-refractivity contribution in [2.45, 2.75) is 19.8 Å². The second-order valence-electron chi connectivity index (χ2n) is 4.29. The van der Waals surface area contributed by atoms with Crippen LogP contribution in [0.5, 0.6) is 0 Å². The highest BCUT2D eigenvalue weighted by Crippen LogP contribution is 2.47. The highest BCUT2D eigenvalue weighted by atomic mass is 35.5. The first kappa shape index (κ1) is 8.36. The van der Waals surface area contributed by atoms with Gasteiger partial charge in [0.15, 0.2) is 0 Å². The zero-order valence-electron chi connectivity index (χ0n) is 7.35. The molecule has 0 atom stereocenters. The molecule has 1 aliphatic heterocycles. The van der Waals surface area contributed by atoms with Gasteiger partial charge in [0.1, 0.15) is 0 Å². The van der Waals surface area contributed by atoms with E-state index in [1.54, 1.807) is 0 Å². The van der Waals surface area contributed by atoms with Gasteiger partial charge in [-0.05, 0) is 12.8 Å². The predicted molar refractivity (Wildman–Crippen MR) is 48.1 cm³/mol. The maximum Gasteiger partial charge on any atom is 0.228 e. The quantitative estimate of drug-likeness (QED) is 0.600. The average Bonchev–Trinajstić information content (AvgIpc) is 2.67. The molecule has 12 heavy (non-hydrogen) atoms. The molecular formula is C9H14ClNO. The van der Waals surface area contributed by atoms with Gasteiger partial charge < -0.3 is 4.90 Å². The number of hydrogen-bond donors (Lipinski definition) is 0. The van der Waals surface area contributed by atoms with Crippen molar-refractivity contribution in [3.05, 3.63) is 0 Å². The van der Waals surface area contributed by atoms with Crippen LogP contribution in [-0.2, 0) is 4.79 Å². The van der Waals surface area contributed by atoms with Gasteiger partial charge in [-0.25, -0.2) is 0 Å². The van der Waals surface area contributed by atoms with Crippen molar-refractivity contribution in [3.63, 3.8) is 0 Å². The molecule has 1 saturated heterocycles. The van der Waals surface area contributed by atoms with E-state index in [1.165, 1.54) is 0 Å². The second kappa shape index (κ2) is 2.63. The van der Waals surface area contributed by atoms with Crippen molar-refractivity contribution < 1.29 is 4.79 Å². The lowest BCUT2D eigenvalue weighted by Gasteiger charge is -2.39. The Morgan fingerprint density at radius 3 is 2.58 bits per heavy atom. The Hall–Kier alpha value is -0.240. The molecule has 1 saturated carbocycles. The molecule has 3 heteroatoms. The third-order valence-corrected chi connectivity index (χ3v) is 3.42. The lowest BCUT2D eigenvalue weighted by molar-refractivity contribution is -0.142. The van der Waals surface area contributed by atoms with E-state index in [9.17, 15) is 4.79 Å². The van der Waals surface area contributed by atoms with Gasteiger partial charge in [0, 0.05) is 30.3 Å². The molecule has 1 heterocycles. The molecule has 68 valence electrons. The normalized spacial score (nSPS) is 26.7. The maximum atomic E-state index is 11.7. The van der Waals surface area contributed by atoms with E-state index in [2.05, 4.69) is 6.92 Å². The molecule has 0 aromatic carbocycles. The van der Waals surface area contributed by atoms with Crippen molar-refractivity contribution in [1.82, 2.24) is 4.90 Å². The molecule has 0 N–H and O–H groups in total. The lowest BCUT2D eigenvalue weighted by Crippen LogP contribution is -2.52. The zero-order valence-corrected chi connectivity index (χ0v) is 8.10. The summed E-state index contributed by atoms with van der Waals surface area (Å²) in [5, 5.41) is 0. The number of hydrogen-bond acceptors (Lipinski definition) is 1. The largest absolute Gasteiger partial charge is 0.341 e. The highest BCUT2D eigenvalue weighted by molar-refractivity contribution is 6.18. The fourth-order valence-electron chi connectivity index (χ4n) is 1.62. The van der Waals surface area contributed by atoms with Crippen LogP contribution in [0, 0.1) is 11.3 Å². The number of nitrogens with zero attached hydrogens (tertiary/aromatic N) is 1. The van der Waals surface area contributed by atoms with Crippen LogP contribution < -0.4 is 0 Å². The smallest absolute Gasteiger partial charge is 0.228 e. The number of carbonyl (C=O) groups is 1. The van der Waals surface area contributed by atoms with Crippen molar-refractivity contribution in [2.75, 3.05) is 19.0 Å². The van der Waals surface area contributed by atoms with Crippen LogP contribution in [0.1, 0.15) is 19.8 Å². The van der Waals surface area contributed by atoms with Crippen molar-refractivity contribution >= 4 is 17.5 Å². The van der Waals surface area contributed by atoms with Crippen LogP contribution in [0.15, 0.2) is 0 Å². The van der Waals surface area contributed by atoms with Gasteiger partial charge in [-0.3, -0.25) is 4.79 Å². The summed E-state index contributed by atoms with van der Waals surface area (Å²) in [6.07, 6.45) is 2.15. The summed E-state index contributed by atoms with van der Waals surface area (Å²) < 4.78 is 0. The Morgan fingerprint density at radius 2 is 2.17 bits per heavy atom. The van der Waals surface area contributed by atoms with E-state index in [4.69, 9.17) is 11.6 Å². The number of carbonyl (C=O) groups excluding carboxylic acids is 1. The first-order valence-corrected chi connectivity index (χ1v) is 5.04. The summed E-state index contributed by atoms with van der Waals surface area (Å²) in [6.45, 7) is 3.83. The van der Waals surface area contributed by atoms with E-state index in [0.29, 0.717) is 17.7 Å². The summed E-state index contributed by atoms with van der Waals surface area (Å²) in [5.41, 5.74) is 0.0112. The summed E-state index contributed by atoms with van der Waals surface area (Å²) in [4.78, 5) is 13.6. The molecule has 2 aliphatic rings.